The number of phosphoric acid groups is 2. The van der Waals surface area contributed by atoms with Crippen molar-refractivity contribution in [2.75, 3.05) is 6.61 Å². The molecular weight excluding hydrogens is 556 g/mol. The van der Waals surface area contributed by atoms with Crippen LogP contribution in [-0.4, -0.2) is 112 Å². The van der Waals surface area contributed by atoms with Crippen LogP contribution < -0.4 is 17.0 Å². The van der Waals surface area contributed by atoms with Crippen LogP contribution in [0, 0.1) is 0 Å². The van der Waals surface area contributed by atoms with Gasteiger partial charge in [0.05, 0.1) is 6.61 Å². The van der Waals surface area contributed by atoms with E-state index in [0.29, 0.717) is 4.57 Å². The van der Waals surface area contributed by atoms with E-state index in [1.165, 1.54) is 0 Å². The van der Waals surface area contributed by atoms with E-state index in [-0.39, 0.29) is 0 Å². The van der Waals surface area contributed by atoms with Crippen molar-refractivity contribution >= 4 is 15.6 Å². The fraction of sp³-hybridized carbons (Fsp3) is 0.733. The molecule has 0 saturated carbocycles. The van der Waals surface area contributed by atoms with Gasteiger partial charge in [0.25, 0.3) is 5.56 Å². The first-order chi connectivity index (χ1) is 17.0. The Balaban J connectivity index is 1.62. The van der Waals surface area contributed by atoms with Crippen LogP contribution in [0.4, 0.5) is 0 Å². The zero-order valence-corrected chi connectivity index (χ0v) is 20.1. The van der Waals surface area contributed by atoms with Crippen LogP contribution in [0.2, 0.25) is 0 Å². The highest BCUT2D eigenvalue weighted by Gasteiger charge is 2.50. The normalized spacial score (nSPS) is 38.6. The summed E-state index contributed by atoms with van der Waals surface area (Å²) in [5, 5.41) is 59.0. The molecule has 3 rings (SSSR count). The molecule has 1 aromatic rings. The molecule has 0 aliphatic carbocycles. The fourth-order valence-corrected chi connectivity index (χ4v) is 5.60. The second-order valence-electron chi connectivity index (χ2n) is 7.92. The first kappa shape index (κ1) is 30.1. The van der Waals surface area contributed by atoms with E-state index in [4.69, 9.17) is 15.2 Å². The number of nitrogens with zero attached hydrogens (tertiary/aromatic N) is 1. The summed E-state index contributed by atoms with van der Waals surface area (Å²) in [5.74, 6) is 0. The molecule has 20 nitrogen and oxygen atoms in total. The van der Waals surface area contributed by atoms with Gasteiger partial charge >= 0.3 is 21.3 Å². The van der Waals surface area contributed by atoms with Crippen molar-refractivity contribution in [3.63, 3.8) is 0 Å². The molecule has 11 N–H and O–H groups in total. The molecule has 9 unspecified atom stereocenters. The number of hydrogen-bond acceptors (Lipinski definition) is 16. The summed E-state index contributed by atoms with van der Waals surface area (Å²) in [6.07, 6.45) is -18.1. The van der Waals surface area contributed by atoms with Crippen molar-refractivity contribution in [3.8, 4) is 0 Å². The lowest BCUT2D eigenvalue weighted by molar-refractivity contribution is -0.290. The molecular formula is C15H25N3O17P2. The third kappa shape index (κ3) is 6.97. The Kier molecular flexibility index (Phi) is 9.25. The summed E-state index contributed by atoms with van der Waals surface area (Å²) in [6, 6.07) is 0.922. The average molecular weight is 581 g/mol. The second-order valence-corrected chi connectivity index (χ2v) is 10.9. The van der Waals surface area contributed by atoms with Crippen LogP contribution >= 0.6 is 15.6 Å². The molecule has 37 heavy (non-hydrogen) atoms. The number of aliphatic hydroxyl groups excluding tert-OH is 6. The summed E-state index contributed by atoms with van der Waals surface area (Å²) in [4.78, 5) is 44.6. The van der Waals surface area contributed by atoms with E-state index < -0.39 is 95.0 Å². The summed E-state index contributed by atoms with van der Waals surface area (Å²) < 4.78 is 48.1. The molecule has 0 aromatic carbocycles. The maximum Gasteiger partial charge on any atom is 0.483 e. The van der Waals surface area contributed by atoms with E-state index >= 15 is 0 Å². The number of aromatic nitrogens is 2. The van der Waals surface area contributed by atoms with E-state index in [0.717, 1.165) is 12.3 Å². The SMILES string of the molecule is NC(O)C1O[C@H](OP(=O)(O)OP(=O)(O)OCC2OC(n3ccc(=O)[nH]c3=O)C(O)C2O)C(O)[C@@H](O)[C@H]1O. The molecule has 0 amide bonds. The Morgan fingerprint density at radius 3 is 2.24 bits per heavy atom. The number of phosphoric ester groups is 2. The van der Waals surface area contributed by atoms with Gasteiger partial charge in [0.1, 0.15) is 49.0 Å². The Bertz CT molecular complexity index is 1160. The number of aromatic amines is 1. The Morgan fingerprint density at radius 1 is 1.00 bits per heavy atom. The third-order valence-electron chi connectivity index (χ3n) is 5.25. The lowest BCUT2D eigenvalue weighted by Crippen LogP contribution is -2.62. The molecule has 2 aliphatic rings. The van der Waals surface area contributed by atoms with Gasteiger partial charge in [-0.05, 0) is 0 Å². The quantitative estimate of drug-likeness (QED) is 0.0960. The lowest BCUT2D eigenvalue weighted by atomic mass is 9.98. The maximum atomic E-state index is 12.2. The van der Waals surface area contributed by atoms with E-state index in [1.807, 2.05) is 4.98 Å². The van der Waals surface area contributed by atoms with Crippen LogP contribution in [-0.2, 0) is 32.0 Å². The fourth-order valence-electron chi connectivity index (χ4n) is 3.44. The molecule has 0 radical (unpaired) electrons. The van der Waals surface area contributed by atoms with Crippen molar-refractivity contribution < 1.29 is 72.4 Å². The van der Waals surface area contributed by atoms with Crippen LogP contribution in [0.15, 0.2) is 21.9 Å². The minimum absolute atomic E-state index is 0.715. The molecule has 12 atom stereocenters. The number of ether oxygens (including phenoxy) is 2. The number of nitrogens with two attached hydrogens (primary N) is 1. The summed E-state index contributed by atoms with van der Waals surface area (Å²) >= 11 is 0. The van der Waals surface area contributed by atoms with Crippen molar-refractivity contribution in [2.24, 2.45) is 5.73 Å². The molecule has 3 heterocycles. The van der Waals surface area contributed by atoms with Crippen molar-refractivity contribution in [3.05, 3.63) is 33.1 Å². The standard InChI is InChI=1S/C15H25N3O17P2/c16-12(25)11-8(22)7(21)10(24)14(33-11)34-37(29,30)35-36(27,28)31-3-4-6(20)9(23)13(32-4)18-2-1-5(19)17-15(18)26/h1-2,4,6-14,20-25H,3,16H2,(H,27,28)(H,29,30)(H,17,19,26)/t4?,6?,7-,8+,9?,10?,11?,12?,13?,14+/m0/s1. The van der Waals surface area contributed by atoms with Gasteiger partial charge in [-0.15, -0.1) is 0 Å². The Morgan fingerprint density at radius 2 is 1.65 bits per heavy atom. The van der Waals surface area contributed by atoms with Crippen molar-refractivity contribution in [2.45, 2.75) is 61.5 Å². The second kappa shape index (κ2) is 11.4. The van der Waals surface area contributed by atoms with Crippen molar-refractivity contribution in [1.29, 1.82) is 0 Å². The van der Waals surface area contributed by atoms with Crippen LogP contribution in [0.1, 0.15) is 6.23 Å². The van der Waals surface area contributed by atoms with E-state index in [9.17, 15) is 59.1 Å². The monoisotopic (exact) mass is 581 g/mol. The zero-order chi connectivity index (χ0) is 27.9. The average Bonchev–Trinajstić information content (AvgIpc) is 3.05. The molecule has 22 heteroatoms. The van der Waals surface area contributed by atoms with E-state index in [2.05, 4.69) is 13.4 Å². The van der Waals surface area contributed by atoms with Gasteiger partial charge in [-0.2, -0.15) is 4.31 Å². The summed E-state index contributed by atoms with van der Waals surface area (Å²) in [5.41, 5.74) is 3.38. The van der Waals surface area contributed by atoms with E-state index in [1.54, 1.807) is 0 Å². The minimum Gasteiger partial charge on any atom is -0.387 e. The third-order valence-corrected chi connectivity index (χ3v) is 7.85. The van der Waals surface area contributed by atoms with Gasteiger partial charge in [0.2, 0.25) is 0 Å². The maximum absolute atomic E-state index is 12.2. The van der Waals surface area contributed by atoms with Gasteiger partial charge in [0.15, 0.2) is 12.5 Å². The van der Waals surface area contributed by atoms with Crippen LogP contribution in [0.5, 0.6) is 0 Å². The first-order valence-electron chi connectivity index (χ1n) is 10.2. The number of hydrogen-bond donors (Lipinski definition) is 10. The predicted octanol–water partition coefficient (Wildman–Crippen LogP) is -5.51. The summed E-state index contributed by atoms with van der Waals surface area (Å²) in [7, 11) is -11.2. The minimum atomic E-state index is -5.65. The van der Waals surface area contributed by atoms with Crippen LogP contribution in [0.3, 0.4) is 0 Å². The number of nitrogens with one attached hydrogen (secondary N) is 1. The summed E-state index contributed by atoms with van der Waals surface area (Å²) in [6.45, 7) is -1.05. The van der Waals surface area contributed by atoms with Gasteiger partial charge < -0.3 is 55.6 Å². The molecule has 1 aromatic heterocycles. The van der Waals surface area contributed by atoms with Gasteiger partial charge in [-0.1, -0.05) is 0 Å². The molecule has 2 aliphatic heterocycles. The highest BCUT2D eigenvalue weighted by molar-refractivity contribution is 7.61. The Labute approximate surface area is 205 Å². The highest BCUT2D eigenvalue weighted by atomic mass is 31.3. The van der Waals surface area contributed by atoms with Gasteiger partial charge in [-0.25, -0.2) is 13.9 Å². The highest BCUT2D eigenvalue weighted by Crippen LogP contribution is 2.61. The number of H-pyrrole nitrogens is 1. The number of rotatable bonds is 9. The predicted molar refractivity (Wildman–Crippen MR) is 112 cm³/mol. The molecule has 2 fully saturated rings. The topological polar surface area (TPSA) is 323 Å². The molecule has 0 bridgehead atoms. The molecule has 0 spiro atoms. The largest absolute Gasteiger partial charge is 0.483 e. The first-order valence-corrected chi connectivity index (χ1v) is 13.2. The zero-order valence-electron chi connectivity index (χ0n) is 18.3. The van der Waals surface area contributed by atoms with Gasteiger partial charge in [-0.3, -0.25) is 23.4 Å². The smallest absolute Gasteiger partial charge is 0.387 e. The molecule has 212 valence electrons. The van der Waals surface area contributed by atoms with Crippen LogP contribution in [0.25, 0.3) is 0 Å². The van der Waals surface area contributed by atoms with Crippen molar-refractivity contribution in [1.82, 2.24) is 9.55 Å². The molecule has 2 saturated heterocycles. The van der Waals surface area contributed by atoms with Gasteiger partial charge in [0, 0.05) is 12.3 Å². The number of aliphatic hydroxyl groups is 6. The Hall–Kier alpha value is -1.42. The lowest BCUT2D eigenvalue weighted by Gasteiger charge is -2.41.